The molecule has 0 radical (unpaired) electrons. The summed E-state index contributed by atoms with van der Waals surface area (Å²) in [5.74, 6) is -2.70. The van der Waals surface area contributed by atoms with Gasteiger partial charge < -0.3 is 20.8 Å². The first-order valence-corrected chi connectivity index (χ1v) is 6.42. The minimum absolute atomic E-state index is 0.187. The van der Waals surface area contributed by atoms with Gasteiger partial charge in [0.15, 0.2) is 0 Å². The van der Waals surface area contributed by atoms with E-state index in [0.717, 1.165) is 10.0 Å². The summed E-state index contributed by atoms with van der Waals surface area (Å²) in [6, 6.07) is 5.00. The van der Waals surface area contributed by atoms with E-state index in [4.69, 9.17) is 10.2 Å². The summed E-state index contributed by atoms with van der Waals surface area (Å²) in [5.41, 5.74) is 0.813. The first-order valence-electron chi connectivity index (χ1n) is 5.62. The highest BCUT2D eigenvalue weighted by Crippen LogP contribution is 2.15. The number of rotatable bonds is 6. The first-order chi connectivity index (χ1) is 9.40. The molecule has 0 unspecified atom stereocenters. The van der Waals surface area contributed by atoms with E-state index in [9.17, 15) is 14.4 Å². The molecule has 0 spiro atoms. The number of halogens is 1. The Morgan fingerprint density at radius 1 is 1.20 bits per heavy atom. The molecule has 8 heteroatoms. The Morgan fingerprint density at radius 3 is 2.40 bits per heavy atom. The van der Waals surface area contributed by atoms with Crippen molar-refractivity contribution in [3.63, 3.8) is 0 Å². The van der Waals surface area contributed by atoms with Crippen LogP contribution in [0.4, 0.5) is 4.79 Å². The minimum Gasteiger partial charge on any atom is -0.481 e. The Labute approximate surface area is 123 Å². The van der Waals surface area contributed by atoms with Crippen molar-refractivity contribution in [3.05, 3.63) is 34.3 Å². The summed E-state index contributed by atoms with van der Waals surface area (Å²) in [4.78, 5) is 32.8. The maximum atomic E-state index is 11.5. The molecule has 20 heavy (non-hydrogen) atoms. The topological polar surface area (TPSA) is 116 Å². The molecule has 0 saturated heterocycles. The van der Waals surface area contributed by atoms with Crippen LogP contribution in [0.2, 0.25) is 0 Å². The van der Waals surface area contributed by atoms with Crippen molar-refractivity contribution >= 4 is 33.9 Å². The third-order valence-corrected chi connectivity index (χ3v) is 3.15. The van der Waals surface area contributed by atoms with Crippen molar-refractivity contribution in [1.82, 2.24) is 10.6 Å². The molecule has 0 heterocycles. The highest BCUT2D eigenvalue weighted by molar-refractivity contribution is 9.10. The Kier molecular flexibility index (Phi) is 5.98. The van der Waals surface area contributed by atoms with Crippen molar-refractivity contribution in [1.29, 1.82) is 0 Å². The van der Waals surface area contributed by atoms with Crippen LogP contribution in [0.3, 0.4) is 0 Å². The van der Waals surface area contributed by atoms with E-state index in [1.54, 1.807) is 18.2 Å². The predicted molar refractivity (Wildman–Crippen MR) is 73.2 cm³/mol. The Hall–Kier alpha value is -2.09. The molecule has 0 fully saturated rings. The van der Waals surface area contributed by atoms with Crippen LogP contribution in [0.15, 0.2) is 28.7 Å². The van der Waals surface area contributed by atoms with E-state index < -0.39 is 30.4 Å². The zero-order valence-electron chi connectivity index (χ0n) is 10.3. The number of nitrogens with one attached hydrogen (secondary N) is 2. The van der Waals surface area contributed by atoms with Gasteiger partial charge in [-0.2, -0.15) is 0 Å². The number of carbonyl (C=O) groups is 3. The van der Waals surface area contributed by atoms with Gasteiger partial charge in [0, 0.05) is 11.0 Å². The fourth-order valence-electron chi connectivity index (χ4n) is 1.40. The number of aliphatic carboxylic acids is 2. The largest absolute Gasteiger partial charge is 0.481 e. The van der Waals surface area contributed by atoms with E-state index in [0.29, 0.717) is 0 Å². The lowest BCUT2D eigenvalue weighted by atomic mass is 10.2. The minimum atomic E-state index is -1.47. The number of amides is 2. The molecule has 0 aliphatic carbocycles. The van der Waals surface area contributed by atoms with Crippen LogP contribution in [0.5, 0.6) is 0 Å². The third-order valence-electron chi connectivity index (χ3n) is 2.38. The maximum Gasteiger partial charge on any atom is 0.326 e. The Bertz CT molecular complexity index is 520. The smallest absolute Gasteiger partial charge is 0.326 e. The molecule has 108 valence electrons. The number of carbonyl (C=O) groups excluding carboxylic acids is 1. The Morgan fingerprint density at radius 2 is 1.85 bits per heavy atom. The summed E-state index contributed by atoms with van der Waals surface area (Å²) in [6.45, 7) is 0.187. The lowest BCUT2D eigenvalue weighted by molar-refractivity contribution is -0.145. The molecule has 0 aliphatic heterocycles. The zero-order valence-corrected chi connectivity index (χ0v) is 11.9. The van der Waals surface area contributed by atoms with Gasteiger partial charge in [0.2, 0.25) is 0 Å². The molecule has 4 N–H and O–H groups in total. The van der Waals surface area contributed by atoms with Crippen LogP contribution < -0.4 is 10.6 Å². The average molecular weight is 345 g/mol. The number of carboxylic acid groups (broad SMARTS) is 2. The van der Waals surface area contributed by atoms with Crippen LogP contribution in [-0.4, -0.2) is 34.2 Å². The second kappa shape index (κ2) is 7.49. The lowest BCUT2D eigenvalue weighted by Gasteiger charge is -2.13. The van der Waals surface area contributed by atoms with Gasteiger partial charge in [-0.1, -0.05) is 34.1 Å². The molecular formula is C12H13BrN2O5. The second-order valence-corrected chi connectivity index (χ2v) is 4.76. The zero-order chi connectivity index (χ0) is 15.1. The van der Waals surface area contributed by atoms with Crippen LogP contribution in [-0.2, 0) is 16.1 Å². The summed E-state index contributed by atoms with van der Waals surface area (Å²) in [7, 11) is 0. The van der Waals surface area contributed by atoms with Gasteiger partial charge in [-0.25, -0.2) is 9.59 Å². The van der Waals surface area contributed by atoms with Crippen molar-refractivity contribution in [2.45, 2.75) is 19.0 Å². The predicted octanol–water partition coefficient (Wildman–Crippen LogP) is 1.18. The number of benzene rings is 1. The average Bonchev–Trinajstić information content (AvgIpc) is 2.36. The molecule has 1 aromatic rings. The van der Waals surface area contributed by atoms with Gasteiger partial charge in [0.1, 0.15) is 6.04 Å². The summed E-state index contributed by atoms with van der Waals surface area (Å²) < 4.78 is 0.806. The molecule has 0 saturated carbocycles. The fraction of sp³-hybridized carbons (Fsp3) is 0.250. The molecule has 0 aliphatic rings. The van der Waals surface area contributed by atoms with E-state index in [-0.39, 0.29) is 6.54 Å². The van der Waals surface area contributed by atoms with Crippen LogP contribution in [0.25, 0.3) is 0 Å². The quantitative estimate of drug-likeness (QED) is 0.618. The van der Waals surface area contributed by atoms with Gasteiger partial charge in [-0.3, -0.25) is 4.79 Å². The van der Waals surface area contributed by atoms with Gasteiger partial charge >= 0.3 is 18.0 Å². The van der Waals surface area contributed by atoms with Gasteiger partial charge in [-0.15, -0.1) is 0 Å². The van der Waals surface area contributed by atoms with Crippen LogP contribution >= 0.6 is 15.9 Å². The molecule has 2 amide bonds. The van der Waals surface area contributed by atoms with Gasteiger partial charge in [0.25, 0.3) is 0 Å². The molecular weight excluding hydrogens is 332 g/mol. The van der Waals surface area contributed by atoms with E-state index >= 15 is 0 Å². The van der Waals surface area contributed by atoms with Crippen molar-refractivity contribution < 1.29 is 24.6 Å². The summed E-state index contributed by atoms with van der Waals surface area (Å²) >= 11 is 3.31. The summed E-state index contributed by atoms with van der Waals surface area (Å²) in [6.07, 6.45) is -0.683. The molecule has 1 rings (SSSR count). The molecule has 0 bridgehead atoms. The number of carboxylic acids is 2. The van der Waals surface area contributed by atoms with Crippen molar-refractivity contribution in [2.24, 2.45) is 0 Å². The Balaban J connectivity index is 2.52. The number of hydrogen-bond donors (Lipinski definition) is 4. The maximum absolute atomic E-state index is 11.5. The molecule has 1 aromatic carbocycles. The molecule has 0 aromatic heterocycles. The number of urea groups is 1. The van der Waals surface area contributed by atoms with E-state index in [1.165, 1.54) is 0 Å². The van der Waals surface area contributed by atoms with Crippen LogP contribution in [0, 0.1) is 0 Å². The highest BCUT2D eigenvalue weighted by Gasteiger charge is 2.22. The van der Waals surface area contributed by atoms with Crippen LogP contribution in [0.1, 0.15) is 12.0 Å². The van der Waals surface area contributed by atoms with E-state index in [2.05, 4.69) is 26.6 Å². The third kappa shape index (κ3) is 5.27. The first kappa shape index (κ1) is 16.0. The van der Waals surface area contributed by atoms with Gasteiger partial charge in [0.05, 0.1) is 6.42 Å². The summed E-state index contributed by atoms with van der Waals surface area (Å²) in [5, 5.41) is 21.9. The fourth-order valence-corrected chi connectivity index (χ4v) is 1.83. The second-order valence-electron chi connectivity index (χ2n) is 3.91. The van der Waals surface area contributed by atoms with Gasteiger partial charge in [-0.05, 0) is 11.6 Å². The monoisotopic (exact) mass is 344 g/mol. The molecule has 7 nitrogen and oxygen atoms in total. The highest BCUT2D eigenvalue weighted by atomic mass is 79.9. The molecule has 1 atom stereocenters. The van der Waals surface area contributed by atoms with Crippen molar-refractivity contribution in [2.75, 3.05) is 0 Å². The standard InChI is InChI=1S/C12H13BrN2O5/c13-8-4-2-1-3-7(8)6-14-12(20)15-9(11(18)19)5-10(16)17/h1-4,9H,5-6H2,(H,16,17)(H,18,19)(H2,14,15,20)/t9-/m1/s1. The normalized spacial score (nSPS) is 11.4. The van der Waals surface area contributed by atoms with Crippen molar-refractivity contribution in [3.8, 4) is 0 Å². The lowest BCUT2D eigenvalue weighted by Crippen LogP contribution is -2.46. The SMILES string of the molecule is O=C(O)C[C@@H](NC(=O)NCc1ccccc1Br)C(=O)O. The number of hydrogen-bond acceptors (Lipinski definition) is 3. The van der Waals surface area contributed by atoms with E-state index in [1.807, 2.05) is 6.07 Å².